The number of esters is 1. The van der Waals surface area contributed by atoms with Crippen molar-refractivity contribution >= 4 is 11.8 Å². The molecule has 7 nitrogen and oxygen atoms in total. The molecule has 0 atom stereocenters. The highest BCUT2D eigenvalue weighted by molar-refractivity contribution is 6.00. The van der Waals surface area contributed by atoms with Crippen molar-refractivity contribution in [1.29, 1.82) is 0 Å². The third-order valence-corrected chi connectivity index (χ3v) is 5.35. The number of methoxy groups -OCH3 is 1. The van der Waals surface area contributed by atoms with Crippen LogP contribution in [-0.4, -0.2) is 43.3 Å². The van der Waals surface area contributed by atoms with Gasteiger partial charge in [0.25, 0.3) is 0 Å². The Morgan fingerprint density at radius 1 is 0.969 bits per heavy atom. The number of aromatic nitrogens is 1. The molecule has 0 amide bonds. The summed E-state index contributed by atoms with van der Waals surface area (Å²) in [5, 5.41) is 0. The fourth-order valence-electron chi connectivity index (χ4n) is 3.81. The number of hydrogen-bond donors (Lipinski definition) is 0. The van der Waals surface area contributed by atoms with Gasteiger partial charge in [0.1, 0.15) is 13.2 Å². The summed E-state index contributed by atoms with van der Waals surface area (Å²) >= 11 is 0. The average molecular weight is 435 g/mol. The van der Waals surface area contributed by atoms with Crippen LogP contribution in [-0.2, 0) is 16.1 Å². The number of carbonyl (C=O) groups is 2. The van der Waals surface area contributed by atoms with Gasteiger partial charge in [0, 0.05) is 35.8 Å². The average Bonchev–Trinajstić information content (AvgIpc) is 3.11. The molecule has 2 heterocycles. The fraction of sp³-hybridized carbons (Fsp3) is 0.280. The predicted octanol–water partition coefficient (Wildman–Crippen LogP) is 4.05. The van der Waals surface area contributed by atoms with Crippen molar-refractivity contribution in [3.63, 3.8) is 0 Å². The Morgan fingerprint density at radius 3 is 2.41 bits per heavy atom. The number of benzene rings is 2. The number of Topliss-reactive ketones (excluding diaryl/α,β-unsaturated/α-hetero) is 1. The minimum absolute atomic E-state index is 0.258. The van der Waals surface area contributed by atoms with E-state index in [0.29, 0.717) is 42.4 Å². The molecule has 0 saturated carbocycles. The molecule has 3 aromatic rings. The lowest BCUT2D eigenvalue weighted by molar-refractivity contribution is 0.0474. The summed E-state index contributed by atoms with van der Waals surface area (Å²) in [5.41, 5.74) is 4.38. The van der Waals surface area contributed by atoms with Gasteiger partial charge in [0.15, 0.2) is 18.1 Å². The van der Waals surface area contributed by atoms with Gasteiger partial charge >= 0.3 is 5.97 Å². The molecule has 1 aliphatic heterocycles. The monoisotopic (exact) mass is 435 g/mol. The van der Waals surface area contributed by atoms with Crippen LogP contribution in [0, 0.1) is 13.8 Å². The molecule has 0 N–H and O–H groups in total. The van der Waals surface area contributed by atoms with Gasteiger partial charge in [-0.3, -0.25) is 4.79 Å². The molecule has 0 fully saturated rings. The molecule has 166 valence electrons. The topological polar surface area (TPSA) is 76.0 Å². The van der Waals surface area contributed by atoms with Crippen molar-refractivity contribution in [3.05, 3.63) is 76.6 Å². The van der Waals surface area contributed by atoms with Gasteiger partial charge in [0.2, 0.25) is 5.78 Å². The largest absolute Gasteiger partial charge is 0.486 e. The molecule has 32 heavy (non-hydrogen) atoms. The number of fused-ring (bicyclic) bond motifs is 1. The van der Waals surface area contributed by atoms with Crippen LogP contribution in [0.25, 0.3) is 5.69 Å². The highest BCUT2D eigenvalue weighted by atomic mass is 16.6. The van der Waals surface area contributed by atoms with E-state index < -0.39 is 5.97 Å². The van der Waals surface area contributed by atoms with Gasteiger partial charge in [-0.1, -0.05) is 12.1 Å². The van der Waals surface area contributed by atoms with Crippen LogP contribution in [0.1, 0.15) is 37.7 Å². The third-order valence-electron chi connectivity index (χ3n) is 5.35. The molecule has 0 bridgehead atoms. The third kappa shape index (κ3) is 4.38. The first-order valence-corrected chi connectivity index (χ1v) is 10.3. The molecular weight excluding hydrogens is 410 g/mol. The fourth-order valence-corrected chi connectivity index (χ4v) is 3.81. The van der Waals surface area contributed by atoms with Crippen molar-refractivity contribution in [2.75, 3.05) is 26.9 Å². The van der Waals surface area contributed by atoms with E-state index in [4.69, 9.17) is 18.9 Å². The standard InChI is InChI=1S/C25H25NO6/c1-16-12-21(17(2)26(16)20-8-9-23-24(13-20)31-11-10-30-23)22(27)15-32-25(28)19-6-4-18(5-7-19)14-29-3/h4-9,12-13H,10-11,14-15H2,1-3H3. The lowest BCUT2D eigenvalue weighted by Gasteiger charge is -2.20. The van der Waals surface area contributed by atoms with Crippen LogP contribution in [0.15, 0.2) is 48.5 Å². The van der Waals surface area contributed by atoms with Crippen LogP contribution in [0.3, 0.4) is 0 Å². The Kier molecular flexibility index (Phi) is 6.28. The number of carbonyl (C=O) groups excluding carboxylic acids is 2. The zero-order valence-corrected chi connectivity index (χ0v) is 18.3. The summed E-state index contributed by atoms with van der Waals surface area (Å²) in [6, 6.07) is 14.4. The predicted molar refractivity (Wildman–Crippen MR) is 118 cm³/mol. The Hall–Kier alpha value is -3.58. The van der Waals surface area contributed by atoms with Crippen LogP contribution < -0.4 is 9.47 Å². The molecule has 4 rings (SSSR count). The van der Waals surface area contributed by atoms with Crippen LogP contribution in [0.4, 0.5) is 0 Å². The lowest BCUT2D eigenvalue weighted by atomic mass is 10.1. The normalized spacial score (nSPS) is 12.5. The molecule has 1 aliphatic rings. The van der Waals surface area contributed by atoms with E-state index in [1.165, 1.54) is 0 Å². The SMILES string of the molecule is COCc1ccc(C(=O)OCC(=O)c2cc(C)n(-c3ccc4c(c3)OCCO4)c2C)cc1. The number of ketones is 1. The summed E-state index contributed by atoms with van der Waals surface area (Å²) < 4.78 is 23.6. The van der Waals surface area contributed by atoms with Gasteiger partial charge in [-0.2, -0.15) is 0 Å². The first-order chi connectivity index (χ1) is 15.5. The summed E-state index contributed by atoms with van der Waals surface area (Å²) in [4.78, 5) is 25.1. The number of ether oxygens (including phenoxy) is 4. The van der Waals surface area contributed by atoms with Gasteiger partial charge in [0.05, 0.1) is 12.2 Å². The Morgan fingerprint density at radius 2 is 1.69 bits per heavy atom. The smallest absolute Gasteiger partial charge is 0.338 e. The van der Waals surface area contributed by atoms with Gasteiger partial charge < -0.3 is 23.5 Å². The van der Waals surface area contributed by atoms with Crippen LogP contribution >= 0.6 is 0 Å². The van der Waals surface area contributed by atoms with Crippen molar-refractivity contribution in [2.45, 2.75) is 20.5 Å². The van der Waals surface area contributed by atoms with Crippen molar-refractivity contribution < 1.29 is 28.5 Å². The van der Waals surface area contributed by atoms with Gasteiger partial charge in [-0.05, 0) is 49.7 Å². The molecule has 2 aromatic carbocycles. The zero-order valence-electron chi connectivity index (χ0n) is 18.3. The van der Waals surface area contributed by atoms with Crippen molar-refractivity contribution in [2.24, 2.45) is 0 Å². The Bertz CT molecular complexity index is 1150. The molecular formula is C25H25NO6. The molecule has 0 radical (unpaired) electrons. The zero-order chi connectivity index (χ0) is 22.7. The Balaban J connectivity index is 1.47. The molecule has 1 aromatic heterocycles. The van der Waals surface area contributed by atoms with Crippen molar-refractivity contribution in [3.8, 4) is 17.2 Å². The number of aryl methyl sites for hydroxylation is 1. The van der Waals surface area contributed by atoms with E-state index in [1.807, 2.05) is 42.7 Å². The molecule has 7 heteroatoms. The molecule has 0 saturated heterocycles. The summed E-state index contributed by atoms with van der Waals surface area (Å²) in [5.74, 6) is 0.592. The second-order valence-electron chi connectivity index (χ2n) is 7.58. The summed E-state index contributed by atoms with van der Waals surface area (Å²) in [6.07, 6.45) is 0. The minimum atomic E-state index is -0.539. The van der Waals surface area contributed by atoms with E-state index in [-0.39, 0.29) is 12.4 Å². The van der Waals surface area contributed by atoms with Crippen LogP contribution in [0.5, 0.6) is 11.5 Å². The first-order valence-electron chi connectivity index (χ1n) is 10.3. The van der Waals surface area contributed by atoms with E-state index in [1.54, 1.807) is 31.4 Å². The van der Waals surface area contributed by atoms with E-state index in [0.717, 1.165) is 22.6 Å². The van der Waals surface area contributed by atoms with Gasteiger partial charge in [-0.15, -0.1) is 0 Å². The van der Waals surface area contributed by atoms with Crippen LogP contribution in [0.2, 0.25) is 0 Å². The molecule has 0 aliphatic carbocycles. The van der Waals surface area contributed by atoms with E-state index in [2.05, 4.69) is 0 Å². The first kappa shape index (κ1) is 21.6. The highest BCUT2D eigenvalue weighted by Gasteiger charge is 2.20. The molecule has 0 unspecified atom stereocenters. The number of hydrogen-bond acceptors (Lipinski definition) is 6. The maximum absolute atomic E-state index is 12.8. The minimum Gasteiger partial charge on any atom is -0.486 e. The Labute approximate surface area is 186 Å². The second kappa shape index (κ2) is 9.28. The van der Waals surface area contributed by atoms with Crippen molar-refractivity contribution in [1.82, 2.24) is 4.57 Å². The quantitative estimate of drug-likeness (QED) is 0.412. The second-order valence-corrected chi connectivity index (χ2v) is 7.58. The van der Waals surface area contributed by atoms with E-state index >= 15 is 0 Å². The highest BCUT2D eigenvalue weighted by Crippen LogP contribution is 2.33. The molecule has 0 spiro atoms. The number of nitrogens with zero attached hydrogens (tertiary/aromatic N) is 1. The number of rotatable bonds is 7. The summed E-state index contributed by atoms with van der Waals surface area (Å²) in [6.45, 7) is 4.96. The maximum Gasteiger partial charge on any atom is 0.338 e. The van der Waals surface area contributed by atoms with Gasteiger partial charge in [-0.25, -0.2) is 4.79 Å². The maximum atomic E-state index is 12.8. The lowest BCUT2D eigenvalue weighted by Crippen LogP contribution is -2.16. The van der Waals surface area contributed by atoms with E-state index in [9.17, 15) is 9.59 Å². The summed E-state index contributed by atoms with van der Waals surface area (Å²) in [7, 11) is 1.61.